The summed E-state index contributed by atoms with van der Waals surface area (Å²) in [5.41, 5.74) is 0.981. The quantitative estimate of drug-likeness (QED) is 0.211. The van der Waals surface area contributed by atoms with Gasteiger partial charge in [-0.1, -0.05) is 32.4 Å². The summed E-state index contributed by atoms with van der Waals surface area (Å²) in [4.78, 5) is 34.1. The lowest BCUT2D eigenvalue weighted by molar-refractivity contribution is -0.384. The number of methoxy groups -OCH3 is 1. The summed E-state index contributed by atoms with van der Waals surface area (Å²) in [6.45, 7) is 3.63. The van der Waals surface area contributed by atoms with E-state index in [1.165, 1.54) is 19.2 Å². The number of rotatable bonds is 10. The topological polar surface area (TPSA) is 110 Å². The van der Waals surface area contributed by atoms with Gasteiger partial charge in [0, 0.05) is 18.6 Å². The molecule has 0 spiro atoms. The van der Waals surface area contributed by atoms with Crippen molar-refractivity contribution in [2.75, 3.05) is 7.11 Å². The third kappa shape index (κ3) is 7.52. The average molecular weight is 403 g/mol. The Hall–Kier alpha value is -2.19. The van der Waals surface area contributed by atoms with Gasteiger partial charge in [0.15, 0.2) is 6.04 Å². The van der Waals surface area contributed by atoms with Crippen LogP contribution in [0.3, 0.4) is 0 Å². The first-order valence-corrected chi connectivity index (χ1v) is 8.63. The van der Waals surface area contributed by atoms with Crippen LogP contribution in [0.4, 0.5) is 5.69 Å². The number of ether oxygens (including phenoxy) is 1. The van der Waals surface area contributed by atoms with Gasteiger partial charge in [0.25, 0.3) is 5.69 Å². The molecule has 1 N–H and O–H groups in total. The Labute approximate surface area is 165 Å². The lowest BCUT2D eigenvalue weighted by Gasteiger charge is -2.28. The molecule has 8 nitrogen and oxygen atoms in total. The molecule has 0 aliphatic heterocycles. The van der Waals surface area contributed by atoms with E-state index in [4.69, 9.17) is 0 Å². The molecular formula is C18H27ClN2O6. The minimum absolute atomic E-state index is 0. The predicted octanol–water partition coefficient (Wildman–Crippen LogP) is 3.53. The Kier molecular flexibility index (Phi) is 11.2. The van der Waals surface area contributed by atoms with Crippen LogP contribution in [0.5, 0.6) is 0 Å². The first-order chi connectivity index (χ1) is 12.3. The molecule has 0 unspecified atom stereocenters. The molecular weight excluding hydrogens is 376 g/mol. The van der Waals surface area contributed by atoms with E-state index in [1.54, 1.807) is 19.1 Å². The third-order valence-electron chi connectivity index (χ3n) is 4.40. The highest BCUT2D eigenvalue weighted by molar-refractivity contribution is 5.85. The van der Waals surface area contributed by atoms with Gasteiger partial charge in [0.2, 0.25) is 5.91 Å². The average Bonchev–Trinajstić information content (AvgIpc) is 2.64. The first-order valence-electron chi connectivity index (χ1n) is 8.63. The zero-order valence-electron chi connectivity index (χ0n) is 15.8. The van der Waals surface area contributed by atoms with E-state index < -0.39 is 22.8 Å². The smallest absolute Gasteiger partial charge is 0.331 e. The molecule has 0 fully saturated rings. The van der Waals surface area contributed by atoms with Crippen LogP contribution in [0.25, 0.3) is 0 Å². The molecule has 27 heavy (non-hydrogen) atoms. The number of non-ortho nitro benzene ring substituents is 1. The maximum atomic E-state index is 12.1. The summed E-state index contributed by atoms with van der Waals surface area (Å²) < 4.78 is 4.68. The van der Waals surface area contributed by atoms with Crippen LogP contribution in [0.15, 0.2) is 24.3 Å². The van der Waals surface area contributed by atoms with E-state index in [2.05, 4.69) is 4.74 Å². The Morgan fingerprint density at radius 3 is 2.33 bits per heavy atom. The van der Waals surface area contributed by atoms with Crippen LogP contribution in [0.1, 0.15) is 45.1 Å². The molecule has 152 valence electrons. The Morgan fingerprint density at radius 1 is 1.26 bits per heavy atom. The van der Waals surface area contributed by atoms with Crippen LogP contribution < -0.4 is 0 Å². The van der Waals surface area contributed by atoms with Gasteiger partial charge in [0.1, 0.15) is 0 Å². The van der Waals surface area contributed by atoms with Crippen molar-refractivity contribution in [3.8, 4) is 0 Å². The highest BCUT2D eigenvalue weighted by Crippen LogP contribution is 2.17. The SMILES string of the molecule is CC[C@H](C)[C@@H](C(=O)OC)N(O)C(=O)CCCCc1ccc([N+](=O)[O-])cc1.Cl. The van der Waals surface area contributed by atoms with Crippen molar-refractivity contribution in [3.63, 3.8) is 0 Å². The second-order valence-electron chi connectivity index (χ2n) is 6.22. The molecule has 1 amide bonds. The summed E-state index contributed by atoms with van der Waals surface area (Å²) in [5.74, 6) is -1.39. The van der Waals surface area contributed by atoms with Gasteiger partial charge in [0.05, 0.1) is 12.0 Å². The molecule has 2 atom stereocenters. The minimum Gasteiger partial charge on any atom is -0.467 e. The molecule has 0 aliphatic carbocycles. The van der Waals surface area contributed by atoms with Crippen LogP contribution in [-0.2, 0) is 20.7 Å². The number of hydrogen-bond donors (Lipinski definition) is 1. The van der Waals surface area contributed by atoms with Crippen LogP contribution >= 0.6 is 12.4 Å². The van der Waals surface area contributed by atoms with Gasteiger partial charge < -0.3 is 4.74 Å². The summed E-state index contributed by atoms with van der Waals surface area (Å²) in [7, 11) is 1.22. The molecule has 0 heterocycles. The number of carbonyl (C=O) groups is 2. The zero-order valence-corrected chi connectivity index (χ0v) is 16.6. The molecule has 1 aromatic carbocycles. The molecule has 0 aliphatic rings. The number of unbranched alkanes of at least 4 members (excludes halogenated alkanes) is 1. The fraction of sp³-hybridized carbons (Fsp3) is 0.556. The monoisotopic (exact) mass is 402 g/mol. The van der Waals surface area contributed by atoms with E-state index in [-0.39, 0.29) is 30.4 Å². The number of aryl methyl sites for hydroxylation is 1. The molecule has 0 radical (unpaired) electrons. The number of nitro benzene ring substituents is 1. The molecule has 0 aromatic heterocycles. The summed E-state index contributed by atoms with van der Waals surface area (Å²) in [6, 6.07) is 5.27. The normalized spacial score (nSPS) is 12.4. The Bertz CT molecular complexity index is 623. The van der Waals surface area contributed by atoms with E-state index in [0.29, 0.717) is 30.7 Å². The van der Waals surface area contributed by atoms with Crippen molar-refractivity contribution < 1.29 is 24.5 Å². The second kappa shape index (κ2) is 12.2. The predicted molar refractivity (Wildman–Crippen MR) is 102 cm³/mol. The van der Waals surface area contributed by atoms with Crippen molar-refractivity contribution in [2.45, 2.75) is 52.0 Å². The number of amides is 1. The second-order valence-corrected chi connectivity index (χ2v) is 6.22. The molecule has 1 aromatic rings. The molecule has 1 rings (SSSR count). The van der Waals surface area contributed by atoms with Crippen LogP contribution in [0.2, 0.25) is 0 Å². The van der Waals surface area contributed by atoms with E-state index in [1.807, 2.05) is 6.92 Å². The first kappa shape index (κ1) is 24.8. The number of hydroxylamine groups is 2. The standard InChI is InChI=1S/C18H26N2O6.ClH/c1-4-13(2)17(18(22)26-3)19(23)16(21)8-6-5-7-14-9-11-15(12-10-14)20(24)25;/h9-13,17,23H,4-8H2,1-3H3;1H/t13-,17-;/m0./s1. The van der Waals surface area contributed by atoms with E-state index in [0.717, 1.165) is 5.56 Å². The van der Waals surface area contributed by atoms with Crippen molar-refractivity contribution in [2.24, 2.45) is 5.92 Å². The zero-order chi connectivity index (χ0) is 19.7. The number of carbonyl (C=O) groups excluding carboxylic acids is 2. The van der Waals surface area contributed by atoms with Crippen LogP contribution in [-0.4, -0.2) is 40.2 Å². The maximum Gasteiger partial charge on any atom is 0.331 e. The highest BCUT2D eigenvalue weighted by Gasteiger charge is 2.33. The fourth-order valence-electron chi connectivity index (χ4n) is 2.58. The fourth-order valence-corrected chi connectivity index (χ4v) is 2.58. The van der Waals surface area contributed by atoms with Gasteiger partial charge >= 0.3 is 5.97 Å². The van der Waals surface area contributed by atoms with Crippen molar-refractivity contribution >= 4 is 30.0 Å². The summed E-state index contributed by atoms with van der Waals surface area (Å²) in [5, 5.41) is 21.2. The highest BCUT2D eigenvalue weighted by atomic mass is 35.5. The van der Waals surface area contributed by atoms with Crippen molar-refractivity contribution in [1.82, 2.24) is 5.06 Å². The molecule has 0 saturated carbocycles. The van der Waals surface area contributed by atoms with Gasteiger partial charge in [-0.2, -0.15) is 0 Å². The van der Waals surface area contributed by atoms with Crippen molar-refractivity contribution in [3.05, 3.63) is 39.9 Å². The number of esters is 1. The lowest BCUT2D eigenvalue weighted by atomic mass is 9.98. The molecule has 9 heteroatoms. The number of nitrogens with zero attached hydrogens (tertiary/aromatic N) is 2. The van der Waals surface area contributed by atoms with Gasteiger partial charge in [-0.05, 0) is 30.7 Å². The largest absolute Gasteiger partial charge is 0.467 e. The van der Waals surface area contributed by atoms with Gasteiger partial charge in [-0.3, -0.25) is 20.1 Å². The lowest BCUT2D eigenvalue weighted by Crippen LogP contribution is -2.47. The van der Waals surface area contributed by atoms with E-state index in [9.17, 15) is 24.9 Å². The summed E-state index contributed by atoms with van der Waals surface area (Å²) in [6.07, 6.45) is 2.60. The van der Waals surface area contributed by atoms with Gasteiger partial charge in [-0.25, -0.2) is 9.86 Å². The number of hydrogen-bond acceptors (Lipinski definition) is 6. The number of nitro groups is 1. The maximum absolute atomic E-state index is 12.1. The Balaban J connectivity index is 0.00000676. The summed E-state index contributed by atoms with van der Waals surface area (Å²) >= 11 is 0. The van der Waals surface area contributed by atoms with E-state index >= 15 is 0 Å². The minimum atomic E-state index is -1.01. The number of benzene rings is 1. The van der Waals surface area contributed by atoms with Crippen molar-refractivity contribution in [1.29, 1.82) is 0 Å². The van der Waals surface area contributed by atoms with Crippen LogP contribution in [0, 0.1) is 16.0 Å². The molecule has 0 bridgehead atoms. The Morgan fingerprint density at radius 2 is 1.85 bits per heavy atom. The van der Waals surface area contributed by atoms with Gasteiger partial charge in [-0.15, -0.1) is 12.4 Å². The third-order valence-corrected chi connectivity index (χ3v) is 4.40. The number of halogens is 1. The molecule has 0 saturated heterocycles.